The molecule has 96 valence electrons. The smallest absolute Gasteiger partial charge is 0.130 e. The summed E-state index contributed by atoms with van der Waals surface area (Å²) in [4.78, 5) is 2.02. The zero-order valence-electron chi connectivity index (χ0n) is 10.4. The van der Waals surface area contributed by atoms with E-state index in [0.717, 1.165) is 25.9 Å². The van der Waals surface area contributed by atoms with E-state index in [1.807, 2.05) is 4.90 Å². The number of rotatable bonds is 2. The highest BCUT2D eigenvalue weighted by Crippen LogP contribution is 2.32. The number of likely N-dealkylation sites (tertiary alicyclic amines) is 1. The third-order valence-corrected chi connectivity index (χ3v) is 3.91. The van der Waals surface area contributed by atoms with Crippen molar-refractivity contribution < 1.29 is 4.39 Å². The first-order valence-electron chi connectivity index (χ1n) is 6.21. The fraction of sp³-hybridized carbons (Fsp3) is 0.500. The van der Waals surface area contributed by atoms with Gasteiger partial charge in [-0.3, -0.25) is 4.90 Å². The Kier molecular flexibility index (Phi) is 4.21. The number of hydrogen-bond donors (Lipinski definition) is 0. The molecule has 1 heterocycles. The first-order chi connectivity index (χ1) is 8.63. The topological polar surface area (TPSA) is 27.0 Å². The maximum absolute atomic E-state index is 13.9. The molecule has 0 aromatic heterocycles. The molecule has 1 aliphatic rings. The first kappa shape index (κ1) is 13.3. The minimum Gasteiger partial charge on any atom is -0.284 e. The quantitative estimate of drug-likeness (QED) is 0.815. The third-order valence-electron chi connectivity index (χ3n) is 3.58. The Morgan fingerprint density at radius 3 is 2.67 bits per heavy atom. The van der Waals surface area contributed by atoms with Gasteiger partial charge < -0.3 is 0 Å². The van der Waals surface area contributed by atoms with Gasteiger partial charge in [0.2, 0.25) is 0 Å². The maximum Gasteiger partial charge on any atom is 0.130 e. The number of hydrogen-bond acceptors (Lipinski definition) is 2. The molecule has 0 spiro atoms. The summed E-state index contributed by atoms with van der Waals surface area (Å²) in [6.07, 6.45) is 2.09. The van der Waals surface area contributed by atoms with Gasteiger partial charge in [-0.15, -0.1) is 0 Å². The second-order valence-corrected chi connectivity index (χ2v) is 5.29. The van der Waals surface area contributed by atoms with E-state index in [-0.39, 0.29) is 0 Å². The highest BCUT2D eigenvalue weighted by molar-refractivity contribution is 6.31. The van der Waals surface area contributed by atoms with Gasteiger partial charge in [-0.2, -0.15) is 5.26 Å². The van der Waals surface area contributed by atoms with Gasteiger partial charge in [-0.25, -0.2) is 4.39 Å². The molecule has 1 aromatic rings. The molecule has 1 saturated heterocycles. The van der Waals surface area contributed by atoms with Crippen molar-refractivity contribution in [3.63, 3.8) is 0 Å². The van der Waals surface area contributed by atoms with Crippen LogP contribution < -0.4 is 0 Å². The number of nitrogens with zero attached hydrogens (tertiary/aromatic N) is 2. The van der Waals surface area contributed by atoms with E-state index in [1.165, 1.54) is 6.07 Å². The van der Waals surface area contributed by atoms with Crippen LogP contribution in [-0.4, -0.2) is 18.0 Å². The molecule has 1 fully saturated rings. The van der Waals surface area contributed by atoms with Gasteiger partial charge in [-0.05, 0) is 44.0 Å². The summed E-state index contributed by atoms with van der Waals surface area (Å²) in [7, 11) is 0. The molecule has 18 heavy (non-hydrogen) atoms. The normalized spacial score (nSPS) is 19.4. The largest absolute Gasteiger partial charge is 0.284 e. The Morgan fingerprint density at radius 1 is 1.44 bits per heavy atom. The van der Waals surface area contributed by atoms with Crippen LogP contribution in [-0.2, 0) is 0 Å². The van der Waals surface area contributed by atoms with Gasteiger partial charge >= 0.3 is 0 Å². The standard InChI is InChI=1S/C14H16ClFN2/c1-10-5-7-18(8-6-10)13(9-17)14-11(15)3-2-4-12(14)16/h2-4,10,13H,5-8H2,1H3. The lowest BCUT2D eigenvalue weighted by molar-refractivity contribution is 0.163. The summed E-state index contributed by atoms with van der Waals surface area (Å²) < 4.78 is 13.9. The highest BCUT2D eigenvalue weighted by Gasteiger charge is 2.28. The van der Waals surface area contributed by atoms with Crippen LogP contribution in [0.25, 0.3) is 0 Å². The predicted octanol–water partition coefficient (Wildman–Crippen LogP) is 3.78. The molecule has 0 N–H and O–H groups in total. The summed E-state index contributed by atoms with van der Waals surface area (Å²) in [5, 5.41) is 9.66. The second kappa shape index (κ2) is 5.69. The molecular weight excluding hydrogens is 251 g/mol. The fourth-order valence-corrected chi connectivity index (χ4v) is 2.65. The first-order valence-corrected chi connectivity index (χ1v) is 6.59. The van der Waals surface area contributed by atoms with Crippen LogP contribution in [0.1, 0.15) is 31.4 Å². The molecule has 0 radical (unpaired) electrons. The van der Waals surface area contributed by atoms with Gasteiger partial charge in [0, 0.05) is 10.6 Å². The van der Waals surface area contributed by atoms with Gasteiger partial charge in [0.05, 0.1) is 6.07 Å². The van der Waals surface area contributed by atoms with Crippen molar-refractivity contribution >= 4 is 11.6 Å². The van der Waals surface area contributed by atoms with Crippen LogP contribution in [0.5, 0.6) is 0 Å². The molecule has 1 aromatic carbocycles. The van der Waals surface area contributed by atoms with Crippen molar-refractivity contribution in [3.05, 3.63) is 34.6 Å². The maximum atomic E-state index is 13.9. The van der Waals surface area contributed by atoms with Crippen molar-refractivity contribution in [2.75, 3.05) is 13.1 Å². The number of benzene rings is 1. The predicted molar refractivity (Wildman–Crippen MR) is 69.7 cm³/mol. The Labute approximate surface area is 112 Å². The molecule has 4 heteroatoms. The molecule has 2 rings (SSSR count). The van der Waals surface area contributed by atoms with E-state index in [1.54, 1.807) is 12.1 Å². The zero-order chi connectivity index (χ0) is 13.1. The minimum absolute atomic E-state index is 0.316. The molecule has 2 nitrogen and oxygen atoms in total. The number of halogens is 2. The summed E-state index contributed by atoms with van der Waals surface area (Å²) in [6.45, 7) is 3.85. The molecule has 1 atom stereocenters. The van der Waals surface area contributed by atoms with Crippen molar-refractivity contribution in [2.45, 2.75) is 25.8 Å². The lowest BCUT2D eigenvalue weighted by atomic mass is 9.96. The van der Waals surface area contributed by atoms with E-state index in [9.17, 15) is 9.65 Å². The van der Waals surface area contributed by atoms with E-state index in [2.05, 4.69) is 13.0 Å². The van der Waals surface area contributed by atoms with E-state index in [4.69, 9.17) is 11.6 Å². The SMILES string of the molecule is CC1CCN(C(C#N)c2c(F)cccc2Cl)CC1. The van der Waals surface area contributed by atoms with Crippen molar-refractivity contribution in [2.24, 2.45) is 5.92 Å². The Bertz CT molecular complexity index is 441. The van der Waals surface area contributed by atoms with Crippen LogP contribution in [0.4, 0.5) is 4.39 Å². The van der Waals surface area contributed by atoms with Gasteiger partial charge in [0.1, 0.15) is 11.9 Å². The monoisotopic (exact) mass is 266 g/mol. The summed E-state index contributed by atoms with van der Waals surface area (Å²) in [5.74, 6) is 0.282. The zero-order valence-corrected chi connectivity index (χ0v) is 11.1. The van der Waals surface area contributed by atoms with E-state index >= 15 is 0 Å². The number of piperidine rings is 1. The number of nitriles is 1. The molecule has 1 unspecified atom stereocenters. The van der Waals surface area contributed by atoms with Crippen LogP contribution >= 0.6 is 11.6 Å². The summed E-state index contributed by atoms with van der Waals surface area (Å²) >= 11 is 6.03. The molecule has 0 saturated carbocycles. The summed E-state index contributed by atoms with van der Waals surface area (Å²) in [5.41, 5.74) is 0.316. The van der Waals surface area contributed by atoms with Gasteiger partial charge in [0.25, 0.3) is 0 Å². The van der Waals surface area contributed by atoms with Crippen LogP contribution in [0.15, 0.2) is 18.2 Å². The van der Waals surface area contributed by atoms with Crippen molar-refractivity contribution in [1.82, 2.24) is 4.90 Å². The highest BCUT2D eigenvalue weighted by atomic mass is 35.5. The van der Waals surface area contributed by atoms with Crippen molar-refractivity contribution in [1.29, 1.82) is 5.26 Å². The molecule has 0 aliphatic carbocycles. The second-order valence-electron chi connectivity index (χ2n) is 4.89. The average molecular weight is 267 g/mol. The van der Waals surface area contributed by atoms with Gasteiger partial charge in [-0.1, -0.05) is 24.6 Å². The fourth-order valence-electron chi connectivity index (χ4n) is 2.39. The average Bonchev–Trinajstić information content (AvgIpc) is 2.35. The molecule has 0 amide bonds. The lowest BCUT2D eigenvalue weighted by Gasteiger charge is -2.33. The molecule has 0 bridgehead atoms. The minimum atomic E-state index is -0.578. The molecule has 1 aliphatic heterocycles. The van der Waals surface area contributed by atoms with Gasteiger partial charge in [0.15, 0.2) is 0 Å². The summed E-state index contributed by atoms with van der Waals surface area (Å²) in [6, 6.07) is 6.17. The lowest BCUT2D eigenvalue weighted by Crippen LogP contribution is -2.36. The van der Waals surface area contributed by atoms with Crippen molar-refractivity contribution in [3.8, 4) is 6.07 Å². The van der Waals surface area contributed by atoms with E-state index < -0.39 is 11.9 Å². The van der Waals surface area contributed by atoms with Crippen LogP contribution in [0.3, 0.4) is 0 Å². The Morgan fingerprint density at radius 2 is 2.11 bits per heavy atom. The van der Waals surface area contributed by atoms with E-state index in [0.29, 0.717) is 16.5 Å². The molecular formula is C14H16ClFN2. The Balaban J connectivity index is 2.26. The Hall–Kier alpha value is -1.11. The third kappa shape index (κ3) is 2.66. The van der Waals surface area contributed by atoms with Crippen LogP contribution in [0.2, 0.25) is 5.02 Å². The van der Waals surface area contributed by atoms with Crippen LogP contribution in [0, 0.1) is 23.1 Å².